The molecule has 0 aromatic rings. The average Bonchev–Trinajstić information content (AvgIpc) is 2.46. The van der Waals surface area contributed by atoms with E-state index in [2.05, 4.69) is 10.2 Å². The van der Waals surface area contributed by atoms with E-state index in [4.69, 9.17) is 9.47 Å². The molecule has 0 radical (unpaired) electrons. The van der Waals surface area contributed by atoms with Crippen LogP contribution in [-0.4, -0.2) is 87.9 Å². The van der Waals surface area contributed by atoms with Crippen LogP contribution in [0, 0.1) is 0 Å². The van der Waals surface area contributed by atoms with Gasteiger partial charge in [0.05, 0.1) is 19.8 Å². The number of ether oxygens (including phenoxy) is 2. The van der Waals surface area contributed by atoms with Crippen molar-refractivity contribution in [1.29, 1.82) is 0 Å². The SMILES string of the molecule is COCCN1CCN(C(=O)C2COCCN2)CC1.Cl.Cl. The Morgan fingerprint density at radius 1 is 1.30 bits per heavy atom. The summed E-state index contributed by atoms with van der Waals surface area (Å²) in [7, 11) is 1.72. The second kappa shape index (κ2) is 10.6. The summed E-state index contributed by atoms with van der Waals surface area (Å²) in [5.74, 6) is 0.182. The molecule has 120 valence electrons. The highest BCUT2D eigenvalue weighted by molar-refractivity contribution is 5.85. The van der Waals surface area contributed by atoms with Crippen LogP contribution in [0.2, 0.25) is 0 Å². The van der Waals surface area contributed by atoms with Crippen molar-refractivity contribution in [2.45, 2.75) is 6.04 Å². The van der Waals surface area contributed by atoms with Crippen molar-refractivity contribution in [1.82, 2.24) is 15.1 Å². The van der Waals surface area contributed by atoms with E-state index in [0.717, 1.165) is 45.9 Å². The van der Waals surface area contributed by atoms with Crippen LogP contribution < -0.4 is 5.32 Å². The maximum absolute atomic E-state index is 12.2. The third-order valence-electron chi connectivity index (χ3n) is 3.52. The number of morpholine rings is 1. The molecule has 6 nitrogen and oxygen atoms in total. The molecule has 2 aliphatic heterocycles. The van der Waals surface area contributed by atoms with E-state index in [1.165, 1.54) is 0 Å². The van der Waals surface area contributed by atoms with Crippen LogP contribution in [0.25, 0.3) is 0 Å². The Bertz CT molecular complexity index is 271. The first-order chi connectivity index (χ1) is 8.81. The minimum atomic E-state index is -0.149. The molecular weight excluding hydrogens is 305 g/mol. The Morgan fingerprint density at radius 3 is 2.55 bits per heavy atom. The van der Waals surface area contributed by atoms with Gasteiger partial charge in [-0.2, -0.15) is 0 Å². The number of nitrogens with one attached hydrogen (secondary N) is 1. The number of halogens is 2. The van der Waals surface area contributed by atoms with Gasteiger partial charge in [-0.15, -0.1) is 24.8 Å². The van der Waals surface area contributed by atoms with Crippen LogP contribution in [0.5, 0.6) is 0 Å². The molecule has 2 heterocycles. The third kappa shape index (κ3) is 5.71. The van der Waals surface area contributed by atoms with E-state index < -0.39 is 0 Å². The molecule has 1 atom stereocenters. The van der Waals surface area contributed by atoms with Crippen molar-refractivity contribution >= 4 is 30.7 Å². The number of nitrogens with zero attached hydrogens (tertiary/aromatic N) is 2. The lowest BCUT2D eigenvalue weighted by Crippen LogP contribution is -2.57. The summed E-state index contributed by atoms with van der Waals surface area (Å²) >= 11 is 0. The van der Waals surface area contributed by atoms with Crippen LogP contribution in [0.4, 0.5) is 0 Å². The van der Waals surface area contributed by atoms with Gasteiger partial charge in [-0.25, -0.2) is 0 Å². The second-order valence-electron chi connectivity index (χ2n) is 4.74. The van der Waals surface area contributed by atoms with Gasteiger partial charge < -0.3 is 19.7 Å². The molecule has 0 aromatic carbocycles. The molecule has 0 aromatic heterocycles. The first kappa shape index (κ1) is 19.9. The fraction of sp³-hybridized carbons (Fsp3) is 0.917. The van der Waals surface area contributed by atoms with Crippen LogP contribution >= 0.6 is 24.8 Å². The number of rotatable bonds is 4. The van der Waals surface area contributed by atoms with Gasteiger partial charge in [0.25, 0.3) is 0 Å². The van der Waals surface area contributed by atoms with Crippen molar-refractivity contribution < 1.29 is 14.3 Å². The van der Waals surface area contributed by atoms with Crippen LogP contribution in [0.1, 0.15) is 0 Å². The maximum atomic E-state index is 12.2. The van der Waals surface area contributed by atoms with Gasteiger partial charge in [0.1, 0.15) is 6.04 Å². The molecule has 1 N–H and O–H groups in total. The molecule has 0 bridgehead atoms. The summed E-state index contributed by atoms with van der Waals surface area (Å²) in [6, 6.07) is -0.149. The quantitative estimate of drug-likeness (QED) is 0.761. The smallest absolute Gasteiger partial charge is 0.242 e. The highest BCUT2D eigenvalue weighted by atomic mass is 35.5. The predicted octanol–water partition coefficient (Wildman–Crippen LogP) is -0.391. The first-order valence-electron chi connectivity index (χ1n) is 6.62. The molecule has 8 heteroatoms. The van der Waals surface area contributed by atoms with E-state index in [0.29, 0.717) is 13.2 Å². The maximum Gasteiger partial charge on any atom is 0.242 e. The number of piperazine rings is 1. The molecule has 2 saturated heterocycles. The fourth-order valence-corrected chi connectivity index (χ4v) is 2.36. The molecule has 2 fully saturated rings. The lowest BCUT2D eigenvalue weighted by molar-refractivity contribution is -0.138. The number of carbonyl (C=O) groups is 1. The molecule has 0 aliphatic carbocycles. The van der Waals surface area contributed by atoms with Gasteiger partial charge in [-0.3, -0.25) is 9.69 Å². The van der Waals surface area contributed by atoms with E-state index >= 15 is 0 Å². The third-order valence-corrected chi connectivity index (χ3v) is 3.52. The summed E-state index contributed by atoms with van der Waals surface area (Å²) in [6.07, 6.45) is 0. The lowest BCUT2D eigenvalue weighted by Gasteiger charge is -2.37. The highest BCUT2D eigenvalue weighted by Gasteiger charge is 2.28. The van der Waals surface area contributed by atoms with Gasteiger partial charge in [0, 0.05) is 46.4 Å². The monoisotopic (exact) mass is 329 g/mol. The van der Waals surface area contributed by atoms with Crippen LogP contribution in [0.3, 0.4) is 0 Å². The molecule has 1 unspecified atom stereocenters. The van der Waals surface area contributed by atoms with E-state index in [1.807, 2.05) is 4.90 Å². The Kier molecular flexibility index (Phi) is 10.5. The zero-order chi connectivity index (χ0) is 12.8. The van der Waals surface area contributed by atoms with Gasteiger partial charge in [0.2, 0.25) is 5.91 Å². The number of methoxy groups -OCH3 is 1. The first-order valence-corrected chi connectivity index (χ1v) is 6.62. The van der Waals surface area contributed by atoms with E-state index in [1.54, 1.807) is 7.11 Å². The summed E-state index contributed by atoms with van der Waals surface area (Å²) in [4.78, 5) is 16.5. The molecule has 0 saturated carbocycles. The summed E-state index contributed by atoms with van der Waals surface area (Å²) in [6.45, 7) is 7.16. The van der Waals surface area contributed by atoms with Crippen molar-refractivity contribution in [3.63, 3.8) is 0 Å². The minimum Gasteiger partial charge on any atom is -0.383 e. The van der Waals surface area contributed by atoms with Gasteiger partial charge in [-0.05, 0) is 0 Å². The number of amides is 1. The number of carbonyl (C=O) groups excluding carboxylic acids is 1. The zero-order valence-electron chi connectivity index (χ0n) is 11.9. The Balaban J connectivity index is 0.00000180. The molecule has 20 heavy (non-hydrogen) atoms. The zero-order valence-corrected chi connectivity index (χ0v) is 13.5. The number of hydrogen-bond acceptors (Lipinski definition) is 5. The minimum absolute atomic E-state index is 0. The van der Waals surface area contributed by atoms with Gasteiger partial charge in [-0.1, -0.05) is 0 Å². The summed E-state index contributed by atoms with van der Waals surface area (Å²) < 4.78 is 10.4. The molecule has 1 amide bonds. The Morgan fingerprint density at radius 2 is 2.00 bits per heavy atom. The molecular formula is C12H25Cl2N3O3. The van der Waals surface area contributed by atoms with Crippen molar-refractivity contribution in [2.24, 2.45) is 0 Å². The van der Waals surface area contributed by atoms with Crippen molar-refractivity contribution in [3.05, 3.63) is 0 Å². The largest absolute Gasteiger partial charge is 0.383 e. The fourth-order valence-electron chi connectivity index (χ4n) is 2.36. The molecule has 2 rings (SSSR count). The normalized spacial score (nSPS) is 23.6. The van der Waals surface area contributed by atoms with Gasteiger partial charge >= 0.3 is 0 Å². The standard InChI is InChI=1S/C12H23N3O3.2ClH/c1-17-9-7-14-3-5-15(6-4-14)12(16)11-10-18-8-2-13-11;;/h11,13H,2-10H2,1H3;2*1H. The predicted molar refractivity (Wildman–Crippen MR) is 82.0 cm³/mol. The molecule has 0 spiro atoms. The second-order valence-corrected chi connectivity index (χ2v) is 4.74. The topological polar surface area (TPSA) is 54.0 Å². The average molecular weight is 330 g/mol. The van der Waals surface area contributed by atoms with Crippen molar-refractivity contribution in [2.75, 3.05) is 66.2 Å². The van der Waals surface area contributed by atoms with Crippen molar-refractivity contribution in [3.8, 4) is 0 Å². The van der Waals surface area contributed by atoms with Gasteiger partial charge in [0.15, 0.2) is 0 Å². The Labute approximate surface area is 133 Å². The van der Waals surface area contributed by atoms with Crippen LogP contribution in [0.15, 0.2) is 0 Å². The number of hydrogen-bond donors (Lipinski definition) is 1. The lowest BCUT2D eigenvalue weighted by atomic mass is 10.2. The summed E-state index contributed by atoms with van der Waals surface area (Å²) in [5.41, 5.74) is 0. The van der Waals surface area contributed by atoms with Crippen LogP contribution in [-0.2, 0) is 14.3 Å². The molecule has 2 aliphatic rings. The Hall–Kier alpha value is -0.110. The highest BCUT2D eigenvalue weighted by Crippen LogP contribution is 2.05. The van der Waals surface area contributed by atoms with E-state index in [9.17, 15) is 4.79 Å². The summed E-state index contributed by atoms with van der Waals surface area (Å²) in [5, 5.41) is 3.21. The van der Waals surface area contributed by atoms with E-state index in [-0.39, 0.29) is 36.8 Å².